The molecule has 19 heavy (non-hydrogen) atoms. The molecule has 1 amide bonds. The molecule has 5 nitrogen and oxygen atoms in total. The fourth-order valence-corrected chi connectivity index (χ4v) is 1.20. The van der Waals surface area contributed by atoms with Crippen LogP contribution in [0.25, 0.3) is 0 Å². The lowest BCUT2D eigenvalue weighted by molar-refractivity contribution is 0.0529. The first-order valence-corrected chi connectivity index (χ1v) is 5.96. The average molecular weight is 262 g/mol. The number of amides is 1. The molecule has 102 valence electrons. The van der Waals surface area contributed by atoms with Gasteiger partial charge in [0.2, 0.25) is 0 Å². The minimum Gasteiger partial charge on any atom is -0.506 e. The van der Waals surface area contributed by atoms with Crippen molar-refractivity contribution in [2.75, 3.05) is 6.54 Å². The molecule has 0 fully saturated rings. The summed E-state index contributed by atoms with van der Waals surface area (Å²) in [6, 6.07) is 1.53. The largest absolute Gasteiger partial charge is 0.506 e. The third kappa shape index (κ3) is 6.94. The number of pyridine rings is 1. The lowest BCUT2D eigenvalue weighted by Gasteiger charge is -2.19. The van der Waals surface area contributed by atoms with Crippen LogP contribution >= 0.6 is 0 Å². The number of rotatable bonds is 2. The maximum atomic E-state index is 11.3. The van der Waals surface area contributed by atoms with Crippen LogP contribution < -0.4 is 5.32 Å². The molecule has 0 atom stereocenters. The molecule has 1 rings (SSSR count). The van der Waals surface area contributed by atoms with Crippen LogP contribution in [0, 0.1) is 11.8 Å². The molecule has 1 aromatic rings. The van der Waals surface area contributed by atoms with Gasteiger partial charge in [0.15, 0.2) is 0 Å². The SMILES string of the molecule is CC(C)(C)OC(=O)NCCC#Cc1cncc(O)c1. The van der Waals surface area contributed by atoms with Gasteiger partial charge in [-0.15, -0.1) is 0 Å². The number of hydrogen-bond donors (Lipinski definition) is 2. The highest BCUT2D eigenvalue weighted by Gasteiger charge is 2.15. The van der Waals surface area contributed by atoms with Crippen molar-refractivity contribution in [2.45, 2.75) is 32.8 Å². The van der Waals surface area contributed by atoms with Crippen molar-refractivity contribution in [3.05, 3.63) is 24.0 Å². The van der Waals surface area contributed by atoms with Crippen molar-refractivity contribution in [3.63, 3.8) is 0 Å². The zero-order valence-corrected chi connectivity index (χ0v) is 11.4. The number of nitrogens with zero attached hydrogens (tertiary/aromatic N) is 1. The lowest BCUT2D eigenvalue weighted by Crippen LogP contribution is -2.32. The van der Waals surface area contributed by atoms with Gasteiger partial charge in [0.25, 0.3) is 0 Å². The highest BCUT2D eigenvalue weighted by molar-refractivity contribution is 5.67. The van der Waals surface area contributed by atoms with Gasteiger partial charge in [-0.3, -0.25) is 4.98 Å². The molecule has 0 aliphatic rings. The van der Waals surface area contributed by atoms with Gasteiger partial charge < -0.3 is 15.2 Å². The maximum Gasteiger partial charge on any atom is 0.407 e. The van der Waals surface area contributed by atoms with E-state index in [1.807, 2.05) is 0 Å². The van der Waals surface area contributed by atoms with Crippen LogP contribution in [0.15, 0.2) is 18.5 Å². The molecule has 0 aliphatic carbocycles. The minimum atomic E-state index is -0.497. The maximum absolute atomic E-state index is 11.3. The quantitative estimate of drug-likeness (QED) is 0.632. The normalized spacial score (nSPS) is 10.3. The molecular weight excluding hydrogens is 244 g/mol. The summed E-state index contributed by atoms with van der Waals surface area (Å²) in [5.41, 5.74) is 0.139. The third-order valence-corrected chi connectivity index (χ3v) is 1.87. The van der Waals surface area contributed by atoms with Crippen LogP contribution in [0.2, 0.25) is 0 Å². The monoisotopic (exact) mass is 262 g/mol. The number of carbonyl (C=O) groups is 1. The first kappa shape index (κ1) is 14.8. The predicted octanol–water partition coefficient (Wildman–Crippen LogP) is 2.05. The van der Waals surface area contributed by atoms with Gasteiger partial charge in [0.1, 0.15) is 11.4 Å². The highest BCUT2D eigenvalue weighted by Crippen LogP contribution is 2.07. The van der Waals surface area contributed by atoms with Gasteiger partial charge in [-0.05, 0) is 26.8 Å². The molecule has 5 heteroatoms. The third-order valence-electron chi connectivity index (χ3n) is 1.87. The Bertz CT molecular complexity index is 495. The van der Waals surface area contributed by atoms with E-state index in [4.69, 9.17) is 4.74 Å². The van der Waals surface area contributed by atoms with Crippen molar-refractivity contribution < 1.29 is 14.6 Å². The number of aromatic hydroxyl groups is 1. The molecule has 2 N–H and O–H groups in total. The standard InChI is InChI=1S/C14H18N2O3/c1-14(2,3)19-13(18)16-7-5-4-6-11-8-12(17)10-15-9-11/h8-10,17H,5,7H2,1-3H3,(H,16,18). The van der Waals surface area contributed by atoms with Crippen molar-refractivity contribution in [1.29, 1.82) is 0 Å². The van der Waals surface area contributed by atoms with Gasteiger partial charge in [-0.2, -0.15) is 0 Å². The van der Waals surface area contributed by atoms with Gasteiger partial charge in [0, 0.05) is 24.7 Å². The summed E-state index contributed by atoms with van der Waals surface area (Å²) in [4.78, 5) is 15.1. The lowest BCUT2D eigenvalue weighted by atomic mass is 10.2. The van der Waals surface area contributed by atoms with Crippen molar-refractivity contribution in [1.82, 2.24) is 10.3 Å². The average Bonchev–Trinajstić information content (AvgIpc) is 2.26. The van der Waals surface area contributed by atoms with E-state index in [1.54, 1.807) is 27.0 Å². The van der Waals surface area contributed by atoms with Crippen LogP contribution in [0.3, 0.4) is 0 Å². The number of ether oxygens (including phenoxy) is 1. The van der Waals surface area contributed by atoms with E-state index >= 15 is 0 Å². The topological polar surface area (TPSA) is 71.5 Å². The summed E-state index contributed by atoms with van der Waals surface area (Å²) >= 11 is 0. The molecule has 1 heterocycles. The van der Waals surface area contributed by atoms with Gasteiger partial charge >= 0.3 is 6.09 Å². The molecule has 0 radical (unpaired) electrons. The Labute approximate surface area is 113 Å². The van der Waals surface area contributed by atoms with Crippen LogP contribution in [-0.4, -0.2) is 28.3 Å². The molecule has 1 aromatic heterocycles. The van der Waals surface area contributed by atoms with Crippen molar-refractivity contribution >= 4 is 6.09 Å². The second kappa shape index (κ2) is 6.64. The zero-order valence-electron chi connectivity index (χ0n) is 11.4. The number of aromatic nitrogens is 1. The Morgan fingerprint density at radius 3 is 2.84 bits per heavy atom. The fourth-order valence-electron chi connectivity index (χ4n) is 1.20. The Morgan fingerprint density at radius 1 is 1.47 bits per heavy atom. The van der Waals surface area contributed by atoms with E-state index in [2.05, 4.69) is 22.1 Å². The Balaban J connectivity index is 2.30. The molecule has 0 aromatic carbocycles. The number of carbonyl (C=O) groups excluding carboxylic acids is 1. The zero-order chi connectivity index (χ0) is 14.3. The summed E-state index contributed by atoms with van der Waals surface area (Å²) in [6.07, 6.45) is 2.95. The smallest absolute Gasteiger partial charge is 0.407 e. The Hall–Kier alpha value is -2.22. The minimum absolute atomic E-state index is 0.0821. The Kier molecular flexibility index (Phi) is 5.19. The number of nitrogens with one attached hydrogen (secondary N) is 1. The summed E-state index contributed by atoms with van der Waals surface area (Å²) in [5.74, 6) is 5.80. The summed E-state index contributed by atoms with van der Waals surface area (Å²) in [5, 5.41) is 11.8. The van der Waals surface area contributed by atoms with E-state index in [0.717, 1.165) is 0 Å². The molecule has 0 bridgehead atoms. The number of alkyl carbamates (subject to hydrolysis) is 1. The molecule has 0 saturated carbocycles. The Morgan fingerprint density at radius 2 is 2.21 bits per heavy atom. The second-order valence-electron chi connectivity index (χ2n) is 4.91. The van der Waals surface area contributed by atoms with E-state index in [-0.39, 0.29) is 5.75 Å². The first-order valence-electron chi connectivity index (χ1n) is 5.96. The van der Waals surface area contributed by atoms with Crippen LogP contribution in [0.5, 0.6) is 5.75 Å². The summed E-state index contributed by atoms with van der Waals surface area (Å²) in [7, 11) is 0. The van der Waals surface area contributed by atoms with Crippen molar-refractivity contribution in [2.24, 2.45) is 0 Å². The molecule has 0 saturated heterocycles. The van der Waals surface area contributed by atoms with Gasteiger partial charge in [0.05, 0.1) is 6.20 Å². The molecule has 0 unspecified atom stereocenters. The van der Waals surface area contributed by atoms with E-state index < -0.39 is 11.7 Å². The molecule has 0 aliphatic heterocycles. The van der Waals surface area contributed by atoms with Gasteiger partial charge in [-0.25, -0.2) is 4.79 Å². The van der Waals surface area contributed by atoms with E-state index in [0.29, 0.717) is 18.5 Å². The van der Waals surface area contributed by atoms with Crippen LogP contribution in [0.1, 0.15) is 32.8 Å². The van der Waals surface area contributed by atoms with Crippen LogP contribution in [0.4, 0.5) is 4.79 Å². The van der Waals surface area contributed by atoms with Crippen LogP contribution in [-0.2, 0) is 4.74 Å². The highest BCUT2D eigenvalue weighted by atomic mass is 16.6. The molecular formula is C14H18N2O3. The van der Waals surface area contributed by atoms with Gasteiger partial charge in [-0.1, -0.05) is 11.8 Å². The fraction of sp³-hybridized carbons (Fsp3) is 0.429. The second-order valence-corrected chi connectivity index (χ2v) is 4.91. The number of hydrogen-bond acceptors (Lipinski definition) is 4. The van der Waals surface area contributed by atoms with E-state index in [1.165, 1.54) is 12.3 Å². The first-order chi connectivity index (χ1) is 8.87. The predicted molar refractivity (Wildman–Crippen MR) is 71.6 cm³/mol. The van der Waals surface area contributed by atoms with E-state index in [9.17, 15) is 9.90 Å². The summed E-state index contributed by atoms with van der Waals surface area (Å²) in [6.45, 7) is 5.83. The summed E-state index contributed by atoms with van der Waals surface area (Å²) < 4.78 is 5.08. The van der Waals surface area contributed by atoms with Crippen molar-refractivity contribution in [3.8, 4) is 17.6 Å². The molecule has 0 spiro atoms.